The first kappa shape index (κ1) is 25.4. The monoisotopic (exact) mass is 574 g/mol. The fourth-order valence-electron chi connectivity index (χ4n) is 6.80. The van der Waals surface area contributed by atoms with Crippen molar-refractivity contribution in [3.8, 4) is 27.9 Å². The maximum Gasteiger partial charge on any atom is 0.263 e. The summed E-state index contributed by atoms with van der Waals surface area (Å²) in [5.41, 5.74) is 7.94. The third-order valence-electron chi connectivity index (χ3n) is 8.94. The predicted octanol–water partition coefficient (Wildman–Crippen LogP) is 10.3. The van der Waals surface area contributed by atoms with Crippen LogP contribution >= 0.6 is 0 Å². The second-order valence-corrected chi connectivity index (χ2v) is 11.6. The lowest BCUT2D eigenvalue weighted by Crippen LogP contribution is -2.19. The summed E-state index contributed by atoms with van der Waals surface area (Å²) < 4.78 is 1.83. The molecule has 0 aliphatic rings. The van der Waals surface area contributed by atoms with Crippen LogP contribution in [0.25, 0.3) is 82.2 Å². The summed E-state index contributed by atoms with van der Waals surface area (Å²) >= 11 is 0. The summed E-state index contributed by atoms with van der Waals surface area (Å²) in [6, 6.07) is 54.2. The molecule has 0 aliphatic carbocycles. The number of pyridine rings is 2. The Bertz CT molecular complexity index is 2670. The molecule has 0 aliphatic heterocycles. The van der Waals surface area contributed by atoms with E-state index in [4.69, 9.17) is 4.98 Å². The quantitative estimate of drug-likeness (QED) is 0.155. The minimum atomic E-state index is -0.0236. The summed E-state index contributed by atoms with van der Waals surface area (Å²) in [4.78, 5) is 19.3. The van der Waals surface area contributed by atoms with Gasteiger partial charge < -0.3 is 0 Å². The zero-order valence-corrected chi connectivity index (χ0v) is 24.3. The predicted molar refractivity (Wildman–Crippen MR) is 188 cm³/mol. The number of fused-ring (bicyclic) bond motifs is 7. The van der Waals surface area contributed by atoms with Crippen molar-refractivity contribution >= 4 is 54.3 Å². The lowest BCUT2D eigenvalue weighted by Gasteiger charge is -2.15. The van der Waals surface area contributed by atoms with Crippen LogP contribution in [0.5, 0.6) is 0 Å². The number of hydrogen-bond acceptors (Lipinski definition) is 2. The van der Waals surface area contributed by atoms with Crippen molar-refractivity contribution in [3.63, 3.8) is 0 Å². The molecular weight excluding hydrogens is 548 g/mol. The Morgan fingerprint density at radius 1 is 0.444 bits per heavy atom. The van der Waals surface area contributed by atoms with Gasteiger partial charge in [-0.05, 0) is 81.4 Å². The van der Waals surface area contributed by atoms with Crippen LogP contribution in [0.2, 0.25) is 0 Å². The molecule has 0 N–H and O–H groups in total. The van der Waals surface area contributed by atoms with E-state index < -0.39 is 0 Å². The molecule has 0 amide bonds. The van der Waals surface area contributed by atoms with Gasteiger partial charge in [0.25, 0.3) is 5.56 Å². The van der Waals surface area contributed by atoms with Crippen LogP contribution in [0, 0.1) is 0 Å². The van der Waals surface area contributed by atoms with Gasteiger partial charge in [-0.2, -0.15) is 0 Å². The maximum absolute atomic E-state index is 14.1. The molecule has 0 spiro atoms. The van der Waals surface area contributed by atoms with Gasteiger partial charge >= 0.3 is 0 Å². The molecule has 9 aromatic rings. The van der Waals surface area contributed by atoms with Crippen molar-refractivity contribution < 1.29 is 0 Å². The van der Waals surface area contributed by atoms with Crippen LogP contribution in [0.3, 0.4) is 0 Å². The van der Waals surface area contributed by atoms with E-state index in [1.165, 1.54) is 10.8 Å². The highest BCUT2D eigenvalue weighted by atomic mass is 16.1. The second kappa shape index (κ2) is 10.0. The number of para-hydroxylation sites is 3. The first-order valence-electron chi connectivity index (χ1n) is 15.2. The number of hydrogen-bond donors (Lipinski definition) is 0. The third kappa shape index (κ3) is 4.05. The minimum Gasteiger partial charge on any atom is -0.276 e. The van der Waals surface area contributed by atoms with Gasteiger partial charge in [0.2, 0.25) is 0 Å². The Hall–Kier alpha value is -6.06. The van der Waals surface area contributed by atoms with Gasteiger partial charge in [-0.3, -0.25) is 9.36 Å². The molecule has 0 radical (unpaired) electrons. The van der Waals surface area contributed by atoms with Gasteiger partial charge in [0, 0.05) is 32.8 Å². The van der Waals surface area contributed by atoms with Crippen LogP contribution in [0.4, 0.5) is 0 Å². The van der Waals surface area contributed by atoms with Crippen LogP contribution in [0.15, 0.2) is 163 Å². The zero-order chi connectivity index (χ0) is 29.9. The highest BCUT2D eigenvalue weighted by Crippen LogP contribution is 2.37. The van der Waals surface area contributed by atoms with E-state index in [1.54, 1.807) is 0 Å². The molecule has 3 heteroatoms. The Labute approximate surface area is 259 Å². The number of nitrogens with zero attached hydrogens (tertiary/aromatic N) is 2. The average molecular weight is 575 g/mol. The van der Waals surface area contributed by atoms with Gasteiger partial charge in [-0.15, -0.1) is 0 Å². The molecular formula is C42H26N2O. The molecule has 45 heavy (non-hydrogen) atoms. The molecule has 2 heterocycles. The fraction of sp³-hybridized carbons (Fsp3) is 0. The average Bonchev–Trinajstić information content (AvgIpc) is 3.11. The van der Waals surface area contributed by atoms with E-state index in [-0.39, 0.29) is 5.56 Å². The van der Waals surface area contributed by atoms with Crippen LogP contribution in [0.1, 0.15) is 0 Å². The van der Waals surface area contributed by atoms with Gasteiger partial charge in [-0.25, -0.2) is 4.98 Å². The van der Waals surface area contributed by atoms with Crippen molar-refractivity contribution in [2.24, 2.45) is 0 Å². The van der Waals surface area contributed by atoms with Crippen LogP contribution in [-0.4, -0.2) is 9.55 Å². The topological polar surface area (TPSA) is 34.9 Å². The number of benzene rings is 7. The van der Waals surface area contributed by atoms with Crippen molar-refractivity contribution in [2.45, 2.75) is 0 Å². The van der Waals surface area contributed by atoms with E-state index in [0.717, 1.165) is 66.0 Å². The molecule has 0 fully saturated rings. The Morgan fingerprint density at radius 2 is 1.16 bits per heavy atom. The molecule has 0 saturated heterocycles. The van der Waals surface area contributed by atoms with E-state index in [1.807, 2.05) is 65.2 Å². The highest BCUT2D eigenvalue weighted by molar-refractivity contribution is 6.15. The molecule has 0 unspecified atom stereocenters. The molecule has 0 saturated carbocycles. The Kier molecular flexibility index (Phi) is 5.66. The maximum atomic E-state index is 14.1. The summed E-state index contributed by atoms with van der Waals surface area (Å²) in [5, 5.41) is 7.36. The highest BCUT2D eigenvalue weighted by Gasteiger charge is 2.15. The van der Waals surface area contributed by atoms with Crippen molar-refractivity contribution in [2.75, 3.05) is 0 Å². The smallest absolute Gasteiger partial charge is 0.263 e. The summed E-state index contributed by atoms with van der Waals surface area (Å²) in [5.74, 6) is 0. The summed E-state index contributed by atoms with van der Waals surface area (Å²) in [6.45, 7) is 0. The van der Waals surface area contributed by atoms with Crippen molar-refractivity contribution in [3.05, 3.63) is 168 Å². The minimum absolute atomic E-state index is 0.0236. The molecule has 2 aromatic heterocycles. The largest absolute Gasteiger partial charge is 0.276 e. The van der Waals surface area contributed by atoms with Crippen molar-refractivity contribution in [1.82, 2.24) is 9.55 Å². The normalized spacial score (nSPS) is 11.6. The third-order valence-corrected chi connectivity index (χ3v) is 8.94. The SMILES string of the molecule is O=c1c2cc(-c3cccc(-c4cc5ccccc5c5cc6ccccc6nc45)c3)ccc2c2ccccc2n1-c1ccccc1. The molecule has 210 valence electrons. The van der Waals surface area contributed by atoms with E-state index >= 15 is 0 Å². The van der Waals surface area contributed by atoms with E-state index in [9.17, 15) is 4.79 Å². The molecule has 7 aromatic carbocycles. The standard InChI is InChI=1S/C42H26N2O/c45-42-38-24-28(21-22-34(38)35-18-7-9-20-40(35)44(42)32-15-2-1-3-16-32)27-13-10-14-29(23-27)36-25-30-11-4-6-17-33(30)37-26-31-12-5-8-19-39(31)43-41(36)37/h1-26H. The summed E-state index contributed by atoms with van der Waals surface area (Å²) in [6.07, 6.45) is 0. The first-order valence-corrected chi connectivity index (χ1v) is 15.2. The summed E-state index contributed by atoms with van der Waals surface area (Å²) in [7, 11) is 0. The number of aromatic nitrogens is 2. The Balaban J connectivity index is 1.27. The van der Waals surface area contributed by atoms with Crippen molar-refractivity contribution in [1.29, 1.82) is 0 Å². The van der Waals surface area contributed by atoms with E-state index in [0.29, 0.717) is 5.39 Å². The number of rotatable bonds is 3. The Morgan fingerprint density at radius 3 is 2.04 bits per heavy atom. The molecule has 0 bridgehead atoms. The molecule has 9 rings (SSSR count). The first-order chi connectivity index (χ1) is 22.2. The zero-order valence-electron chi connectivity index (χ0n) is 24.3. The van der Waals surface area contributed by atoms with Gasteiger partial charge in [0.1, 0.15) is 0 Å². The fourth-order valence-corrected chi connectivity index (χ4v) is 6.80. The lowest BCUT2D eigenvalue weighted by molar-refractivity contribution is 1.06. The van der Waals surface area contributed by atoms with Gasteiger partial charge in [0.15, 0.2) is 0 Å². The van der Waals surface area contributed by atoms with Gasteiger partial charge in [0.05, 0.1) is 16.6 Å². The molecule has 3 nitrogen and oxygen atoms in total. The van der Waals surface area contributed by atoms with E-state index in [2.05, 4.69) is 97.1 Å². The van der Waals surface area contributed by atoms with Gasteiger partial charge in [-0.1, -0.05) is 109 Å². The van der Waals surface area contributed by atoms with Crippen LogP contribution in [-0.2, 0) is 0 Å². The lowest BCUT2D eigenvalue weighted by atomic mass is 9.93. The van der Waals surface area contributed by atoms with Crippen LogP contribution < -0.4 is 5.56 Å². The molecule has 0 atom stereocenters. The second-order valence-electron chi connectivity index (χ2n) is 11.6.